The lowest BCUT2D eigenvalue weighted by Gasteiger charge is -2.31. The highest BCUT2D eigenvalue weighted by Crippen LogP contribution is 2.28. The summed E-state index contributed by atoms with van der Waals surface area (Å²) in [5, 5.41) is 8.83. The van der Waals surface area contributed by atoms with E-state index in [9.17, 15) is 4.79 Å². The van der Waals surface area contributed by atoms with Gasteiger partial charge < -0.3 is 9.52 Å². The maximum Gasteiger partial charge on any atom is 0.303 e. The summed E-state index contributed by atoms with van der Waals surface area (Å²) >= 11 is 6.70. The summed E-state index contributed by atoms with van der Waals surface area (Å²) in [5.41, 5.74) is 0. The number of aliphatic carboxylic acids is 1. The predicted octanol–water partition coefficient (Wildman–Crippen LogP) is 3.49. The molecule has 1 unspecified atom stereocenters. The molecule has 0 saturated carbocycles. The van der Waals surface area contributed by atoms with E-state index in [2.05, 4.69) is 36.8 Å². The van der Waals surface area contributed by atoms with Crippen molar-refractivity contribution in [3.8, 4) is 0 Å². The molecule has 100 valence electrons. The van der Waals surface area contributed by atoms with Crippen LogP contribution in [0.1, 0.15) is 25.0 Å². The third kappa shape index (κ3) is 3.83. The van der Waals surface area contributed by atoms with Crippen LogP contribution in [0.3, 0.4) is 0 Å². The number of halogens is 2. The fraction of sp³-hybridized carbons (Fsp3) is 0.583. The molecular weight excluding hydrogens is 366 g/mol. The number of piperidine rings is 1. The molecule has 4 nitrogen and oxygen atoms in total. The van der Waals surface area contributed by atoms with Crippen LogP contribution in [0.15, 0.2) is 19.6 Å². The number of carboxylic acids is 1. The van der Waals surface area contributed by atoms with E-state index < -0.39 is 5.97 Å². The second-order valence-electron chi connectivity index (χ2n) is 4.68. The number of carbonyl (C=O) groups is 1. The molecule has 0 aliphatic carbocycles. The van der Waals surface area contributed by atoms with Crippen LogP contribution in [-0.4, -0.2) is 29.1 Å². The Hall–Kier alpha value is -0.330. The van der Waals surface area contributed by atoms with E-state index in [0.29, 0.717) is 4.67 Å². The van der Waals surface area contributed by atoms with Crippen molar-refractivity contribution < 1.29 is 14.3 Å². The van der Waals surface area contributed by atoms with Crippen molar-refractivity contribution in [2.24, 2.45) is 5.92 Å². The van der Waals surface area contributed by atoms with Gasteiger partial charge in [0.2, 0.25) is 0 Å². The topological polar surface area (TPSA) is 53.7 Å². The van der Waals surface area contributed by atoms with Gasteiger partial charge in [-0.25, -0.2) is 0 Å². The third-order valence-corrected chi connectivity index (χ3v) is 4.85. The van der Waals surface area contributed by atoms with E-state index in [1.807, 2.05) is 6.07 Å². The van der Waals surface area contributed by atoms with Gasteiger partial charge in [0.15, 0.2) is 4.67 Å². The number of carboxylic acid groups (broad SMARTS) is 1. The lowest BCUT2D eigenvalue weighted by molar-refractivity contribution is -0.138. The Balaban J connectivity index is 1.91. The number of hydrogen-bond acceptors (Lipinski definition) is 3. The van der Waals surface area contributed by atoms with E-state index in [0.717, 1.165) is 42.7 Å². The van der Waals surface area contributed by atoms with E-state index in [4.69, 9.17) is 9.52 Å². The summed E-state index contributed by atoms with van der Waals surface area (Å²) in [4.78, 5) is 13.0. The largest absolute Gasteiger partial charge is 0.481 e. The fourth-order valence-corrected chi connectivity index (χ4v) is 3.06. The third-order valence-electron chi connectivity index (χ3n) is 3.14. The first-order valence-electron chi connectivity index (χ1n) is 5.92. The minimum absolute atomic E-state index is 0.262. The molecule has 0 bridgehead atoms. The van der Waals surface area contributed by atoms with Crippen molar-refractivity contribution in [1.82, 2.24) is 4.90 Å². The van der Waals surface area contributed by atoms with Crippen LogP contribution in [0.4, 0.5) is 0 Å². The molecule has 0 aromatic carbocycles. The van der Waals surface area contributed by atoms with Gasteiger partial charge in [-0.05, 0) is 63.2 Å². The number of rotatable bonds is 4. The minimum atomic E-state index is -0.703. The molecule has 1 aliphatic heterocycles. The average molecular weight is 381 g/mol. The van der Waals surface area contributed by atoms with E-state index in [1.54, 1.807) is 0 Å². The highest BCUT2D eigenvalue weighted by Gasteiger charge is 2.23. The van der Waals surface area contributed by atoms with Crippen LogP contribution in [0, 0.1) is 5.92 Å². The number of likely N-dealkylation sites (tertiary alicyclic amines) is 1. The Morgan fingerprint density at radius 2 is 2.33 bits per heavy atom. The maximum absolute atomic E-state index is 10.7. The van der Waals surface area contributed by atoms with Crippen molar-refractivity contribution in [1.29, 1.82) is 0 Å². The second-order valence-corrected chi connectivity index (χ2v) is 6.25. The fourth-order valence-electron chi connectivity index (χ4n) is 2.40. The summed E-state index contributed by atoms with van der Waals surface area (Å²) < 4.78 is 7.16. The van der Waals surface area contributed by atoms with Crippen molar-refractivity contribution in [2.75, 3.05) is 13.1 Å². The van der Waals surface area contributed by atoms with Gasteiger partial charge in [0.1, 0.15) is 5.76 Å². The van der Waals surface area contributed by atoms with Gasteiger partial charge in [-0.2, -0.15) is 0 Å². The highest BCUT2D eigenvalue weighted by atomic mass is 79.9. The summed E-state index contributed by atoms with van der Waals surface area (Å²) in [5.74, 6) is 0.452. The molecule has 18 heavy (non-hydrogen) atoms. The molecular formula is C12H15Br2NO3. The Labute approximate surface area is 123 Å². The molecule has 1 aromatic rings. The maximum atomic E-state index is 10.7. The molecule has 1 fully saturated rings. The van der Waals surface area contributed by atoms with E-state index in [1.165, 1.54) is 0 Å². The van der Waals surface area contributed by atoms with E-state index in [-0.39, 0.29) is 12.3 Å². The van der Waals surface area contributed by atoms with Gasteiger partial charge in [-0.3, -0.25) is 9.69 Å². The molecule has 2 rings (SSSR count). The first-order valence-corrected chi connectivity index (χ1v) is 7.51. The Morgan fingerprint density at radius 3 is 2.94 bits per heavy atom. The number of nitrogens with zero attached hydrogens (tertiary/aromatic N) is 1. The first kappa shape index (κ1) is 14.1. The predicted molar refractivity (Wildman–Crippen MR) is 74.4 cm³/mol. The van der Waals surface area contributed by atoms with Gasteiger partial charge in [0, 0.05) is 13.0 Å². The summed E-state index contributed by atoms with van der Waals surface area (Å²) in [6.07, 6.45) is 2.33. The smallest absolute Gasteiger partial charge is 0.303 e. The molecule has 2 heterocycles. The molecule has 1 N–H and O–H groups in total. The van der Waals surface area contributed by atoms with E-state index >= 15 is 0 Å². The molecule has 0 spiro atoms. The molecule has 1 aliphatic rings. The second kappa shape index (κ2) is 6.21. The SMILES string of the molecule is O=C(O)CC1CCCN(Cc2cc(Br)c(Br)o2)C1. The molecule has 1 saturated heterocycles. The van der Waals surface area contributed by atoms with Crippen LogP contribution in [0.25, 0.3) is 0 Å². The Morgan fingerprint density at radius 1 is 1.56 bits per heavy atom. The minimum Gasteiger partial charge on any atom is -0.481 e. The van der Waals surface area contributed by atoms with Crippen molar-refractivity contribution >= 4 is 37.8 Å². The normalized spacial score (nSPS) is 21.1. The summed E-state index contributed by atoms with van der Waals surface area (Å²) in [7, 11) is 0. The molecule has 0 radical (unpaired) electrons. The molecule has 6 heteroatoms. The van der Waals surface area contributed by atoms with Gasteiger partial charge in [0.05, 0.1) is 11.0 Å². The van der Waals surface area contributed by atoms with Crippen LogP contribution in [0.2, 0.25) is 0 Å². The van der Waals surface area contributed by atoms with Crippen molar-refractivity contribution in [3.05, 3.63) is 21.0 Å². The number of furan rings is 1. The highest BCUT2D eigenvalue weighted by molar-refractivity contribution is 9.13. The number of hydrogen-bond donors (Lipinski definition) is 1. The van der Waals surface area contributed by atoms with Crippen molar-refractivity contribution in [2.45, 2.75) is 25.8 Å². The Bertz CT molecular complexity index is 413. The lowest BCUT2D eigenvalue weighted by atomic mass is 9.95. The van der Waals surface area contributed by atoms with Gasteiger partial charge in [0.25, 0.3) is 0 Å². The molecule has 1 atom stereocenters. The lowest BCUT2D eigenvalue weighted by Crippen LogP contribution is -2.35. The van der Waals surface area contributed by atoms with Crippen LogP contribution >= 0.6 is 31.9 Å². The quantitative estimate of drug-likeness (QED) is 0.868. The molecule has 0 amide bonds. The van der Waals surface area contributed by atoms with Gasteiger partial charge >= 0.3 is 5.97 Å². The zero-order valence-corrected chi connectivity index (χ0v) is 13.0. The van der Waals surface area contributed by atoms with Crippen LogP contribution in [0.5, 0.6) is 0 Å². The molecule has 1 aromatic heterocycles. The van der Waals surface area contributed by atoms with Crippen molar-refractivity contribution in [3.63, 3.8) is 0 Å². The average Bonchev–Trinajstić information content (AvgIpc) is 2.57. The zero-order chi connectivity index (χ0) is 13.1. The zero-order valence-electron chi connectivity index (χ0n) is 9.86. The van der Waals surface area contributed by atoms with Gasteiger partial charge in [-0.1, -0.05) is 0 Å². The summed E-state index contributed by atoms with van der Waals surface area (Å²) in [6.45, 7) is 2.58. The standard InChI is InChI=1S/C12H15Br2NO3/c13-10-5-9(18-12(10)14)7-15-3-1-2-8(6-15)4-11(16)17/h5,8H,1-4,6-7H2,(H,16,17). The van der Waals surface area contributed by atoms with Crippen LogP contribution in [-0.2, 0) is 11.3 Å². The Kier molecular flexibility index (Phi) is 4.86. The monoisotopic (exact) mass is 379 g/mol. The first-order chi connectivity index (χ1) is 8.54. The van der Waals surface area contributed by atoms with Crippen LogP contribution < -0.4 is 0 Å². The van der Waals surface area contributed by atoms with Gasteiger partial charge in [-0.15, -0.1) is 0 Å². The summed E-state index contributed by atoms with van der Waals surface area (Å²) in [6, 6.07) is 1.95.